The molecule has 0 aromatic heterocycles. The van der Waals surface area contributed by atoms with Crippen LogP contribution < -0.4 is 9.62 Å². The second-order valence-corrected chi connectivity index (χ2v) is 14.1. The number of anilines is 1. The summed E-state index contributed by atoms with van der Waals surface area (Å²) in [6.45, 7) is 9.10. The number of amides is 2. The van der Waals surface area contributed by atoms with Crippen molar-refractivity contribution in [3.63, 3.8) is 0 Å². The maximum atomic E-state index is 14.6. The average molecular weight is 660 g/mol. The molecule has 0 heterocycles. The lowest BCUT2D eigenvalue weighted by Crippen LogP contribution is -2.54. The van der Waals surface area contributed by atoms with Crippen molar-refractivity contribution in [1.82, 2.24) is 10.2 Å². The van der Waals surface area contributed by atoms with E-state index >= 15 is 0 Å². The van der Waals surface area contributed by atoms with Crippen molar-refractivity contribution in [3.05, 3.63) is 130 Å². The van der Waals surface area contributed by atoms with Crippen molar-refractivity contribution in [2.45, 2.75) is 71.0 Å². The maximum absolute atomic E-state index is 14.6. The van der Waals surface area contributed by atoms with E-state index in [1.54, 1.807) is 54.6 Å². The SMILES string of the molecule is CC[C@@H](C)NC(=O)[C@H](Cc1ccccc1)N(Cc1ccc(Cl)cc1)C(=O)CN(c1ccc(C)cc1C)S(=O)(=O)c1ccc(C)cc1. The van der Waals surface area contributed by atoms with Crippen molar-refractivity contribution < 1.29 is 18.0 Å². The molecule has 242 valence electrons. The largest absolute Gasteiger partial charge is 0.352 e. The number of benzene rings is 4. The third-order valence-corrected chi connectivity index (χ3v) is 10.1. The first-order valence-corrected chi connectivity index (χ1v) is 17.3. The fourth-order valence-corrected chi connectivity index (χ4v) is 6.82. The van der Waals surface area contributed by atoms with Crippen LogP contribution in [-0.2, 0) is 32.6 Å². The molecular formula is C37H42ClN3O4S. The molecular weight excluding hydrogens is 618 g/mol. The normalized spacial score (nSPS) is 12.7. The molecule has 0 aliphatic carbocycles. The Morgan fingerprint density at radius 1 is 0.826 bits per heavy atom. The number of halogens is 1. The molecule has 0 unspecified atom stereocenters. The number of hydrogen-bond acceptors (Lipinski definition) is 4. The van der Waals surface area contributed by atoms with Gasteiger partial charge in [-0.2, -0.15) is 0 Å². The quantitative estimate of drug-likeness (QED) is 0.167. The molecule has 4 aromatic carbocycles. The number of carbonyl (C=O) groups is 2. The Bertz CT molecular complexity index is 1740. The van der Waals surface area contributed by atoms with Gasteiger partial charge in [0.05, 0.1) is 10.6 Å². The Hall–Kier alpha value is -4.14. The molecule has 4 rings (SSSR count). The lowest BCUT2D eigenvalue weighted by molar-refractivity contribution is -0.140. The molecule has 0 saturated carbocycles. The molecule has 0 fully saturated rings. The number of sulfonamides is 1. The Balaban J connectivity index is 1.83. The molecule has 0 saturated heterocycles. The third-order valence-electron chi connectivity index (χ3n) is 8.05. The summed E-state index contributed by atoms with van der Waals surface area (Å²) in [4.78, 5) is 30.1. The van der Waals surface area contributed by atoms with Gasteiger partial charge in [-0.1, -0.05) is 96.4 Å². The summed E-state index contributed by atoms with van der Waals surface area (Å²) in [5, 5.41) is 3.60. The van der Waals surface area contributed by atoms with E-state index in [0.29, 0.717) is 22.7 Å². The highest BCUT2D eigenvalue weighted by Crippen LogP contribution is 2.29. The standard InChI is InChI=1S/C37H42ClN3O4S/c1-6-29(5)39-37(43)35(23-30-10-8-7-9-11-30)40(24-31-15-17-32(38)18-16-31)36(42)25-41(34-21-14-27(3)22-28(34)4)46(44,45)33-19-12-26(2)13-20-33/h7-22,29,35H,6,23-25H2,1-5H3,(H,39,43)/t29-,35+/m1/s1. The van der Waals surface area contributed by atoms with Crippen LogP contribution in [0.2, 0.25) is 5.02 Å². The monoisotopic (exact) mass is 659 g/mol. The lowest BCUT2D eigenvalue weighted by Gasteiger charge is -2.34. The van der Waals surface area contributed by atoms with Crippen molar-refractivity contribution >= 4 is 39.1 Å². The van der Waals surface area contributed by atoms with Crippen molar-refractivity contribution in [3.8, 4) is 0 Å². The van der Waals surface area contributed by atoms with Crippen molar-refractivity contribution in [1.29, 1.82) is 0 Å². The molecule has 0 aliphatic heterocycles. The summed E-state index contributed by atoms with van der Waals surface area (Å²) in [6.07, 6.45) is 0.959. The van der Waals surface area contributed by atoms with E-state index in [4.69, 9.17) is 11.6 Å². The second kappa shape index (κ2) is 15.4. The minimum absolute atomic E-state index is 0.0745. The average Bonchev–Trinajstić information content (AvgIpc) is 3.03. The first-order chi connectivity index (χ1) is 21.9. The van der Waals surface area contributed by atoms with Crippen LogP contribution in [0.4, 0.5) is 5.69 Å². The number of nitrogens with one attached hydrogen (secondary N) is 1. The van der Waals surface area contributed by atoms with E-state index in [2.05, 4.69) is 5.32 Å². The Kier molecular flexibility index (Phi) is 11.7. The van der Waals surface area contributed by atoms with Gasteiger partial charge in [-0.3, -0.25) is 13.9 Å². The van der Waals surface area contributed by atoms with Crippen LogP contribution in [-0.4, -0.2) is 43.8 Å². The van der Waals surface area contributed by atoms with Crippen LogP contribution in [0.15, 0.2) is 102 Å². The summed E-state index contributed by atoms with van der Waals surface area (Å²) in [7, 11) is -4.17. The van der Waals surface area contributed by atoms with Gasteiger partial charge in [-0.05, 0) is 81.1 Å². The zero-order chi connectivity index (χ0) is 33.4. The van der Waals surface area contributed by atoms with Crippen LogP contribution in [0, 0.1) is 20.8 Å². The molecule has 2 atom stereocenters. The van der Waals surface area contributed by atoms with Crippen LogP contribution in [0.5, 0.6) is 0 Å². The van der Waals surface area contributed by atoms with Gasteiger partial charge in [-0.15, -0.1) is 0 Å². The summed E-state index contributed by atoms with van der Waals surface area (Å²) in [6, 6.07) is 27.6. The topological polar surface area (TPSA) is 86.8 Å². The molecule has 7 nitrogen and oxygen atoms in total. The minimum atomic E-state index is -4.17. The van der Waals surface area contributed by atoms with E-state index in [-0.39, 0.29) is 29.8 Å². The maximum Gasteiger partial charge on any atom is 0.264 e. The van der Waals surface area contributed by atoms with Crippen LogP contribution in [0.3, 0.4) is 0 Å². The highest BCUT2D eigenvalue weighted by molar-refractivity contribution is 7.92. The van der Waals surface area contributed by atoms with E-state index in [1.165, 1.54) is 4.90 Å². The second-order valence-electron chi connectivity index (χ2n) is 11.8. The molecule has 46 heavy (non-hydrogen) atoms. The molecule has 0 radical (unpaired) electrons. The third kappa shape index (κ3) is 8.77. The number of carbonyl (C=O) groups excluding carboxylic acids is 2. The molecule has 9 heteroatoms. The van der Waals surface area contributed by atoms with Crippen LogP contribution in [0.25, 0.3) is 0 Å². The number of rotatable bonds is 13. The molecule has 1 N–H and O–H groups in total. The van der Waals surface area contributed by atoms with E-state index < -0.39 is 28.5 Å². The highest BCUT2D eigenvalue weighted by Gasteiger charge is 2.35. The summed E-state index contributed by atoms with van der Waals surface area (Å²) >= 11 is 6.17. The molecule has 0 aliphatic rings. The smallest absolute Gasteiger partial charge is 0.264 e. The fraction of sp³-hybridized carbons (Fsp3) is 0.297. The first kappa shape index (κ1) is 34.7. The van der Waals surface area contributed by atoms with Crippen LogP contribution >= 0.6 is 11.6 Å². The van der Waals surface area contributed by atoms with Gasteiger partial charge in [0, 0.05) is 24.0 Å². The van der Waals surface area contributed by atoms with Crippen LogP contribution in [0.1, 0.15) is 48.1 Å². The van der Waals surface area contributed by atoms with Gasteiger partial charge < -0.3 is 10.2 Å². The molecule has 2 amide bonds. The summed E-state index contributed by atoms with van der Waals surface area (Å²) in [5.41, 5.74) is 4.62. The minimum Gasteiger partial charge on any atom is -0.352 e. The van der Waals surface area contributed by atoms with Crippen molar-refractivity contribution in [2.75, 3.05) is 10.8 Å². The Morgan fingerprint density at radius 3 is 2.07 bits per heavy atom. The van der Waals surface area contributed by atoms with Gasteiger partial charge in [0.25, 0.3) is 10.0 Å². The lowest BCUT2D eigenvalue weighted by atomic mass is 10.0. The van der Waals surface area contributed by atoms with Gasteiger partial charge in [0.1, 0.15) is 12.6 Å². The molecule has 4 aromatic rings. The number of aryl methyl sites for hydroxylation is 3. The predicted molar refractivity (Wildman–Crippen MR) is 185 cm³/mol. The highest BCUT2D eigenvalue weighted by atomic mass is 35.5. The van der Waals surface area contributed by atoms with Gasteiger partial charge >= 0.3 is 0 Å². The van der Waals surface area contributed by atoms with Crippen molar-refractivity contribution in [2.24, 2.45) is 0 Å². The molecule has 0 spiro atoms. The van der Waals surface area contributed by atoms with E-state index in [9.17, 15) is 18.0 Å². The predicted octanol–water partition coefficient (Wildman–Crippen LogP) is 7.02. The Morgan fingerprint density at radius 2 is 1.46 bits per heavy atom. The van der Waals surface area contributed by atoms with Gasteiger partial charge in [-0.25, -0.2) is 8.42 Å². The zero-order valence-corrected chi connectivity index (χ0v) is 28.6. The Labute approximate surface area is 278 Å². The summed E-state index contributed by atoms with van der Waals surface area (Å²) in [5.74, 6) is -0.814. The van der Waals surface area contributed by atoms with Gasteiger partial charge in [0.2, 0.25) is 11.8 Å². The number of nitrogens with zero attached hydrogens (tertiary/aromatic N) is 2. The first-order valence-electron chi connectivity index (χ1n) is 15.4. The van der Waals surface area contributed by atoms with Gasteiger partial charge in [0.15, 0.2) is 0 Å². The fourth-order valence-electron chi connectivity index (χ4n) is 5.22. The van der Waals surface area contributed by atoms with E-state index in [1.807, 2.05) is 77.1 Å². The van der Waals surface area contributed by atoms with E-state index in [0.717, 1.165) is 26.6 Å². The summed E-state index contributed by atoms with van der Waals surface area (Å²) < 4.78 is 29.7. The molecule has 0 bridgehead atoms. The number of hydrogen-bond donors (Lipinski definition) is 1. The zero-order valence-electron chi connectivity index (χ0n) is 27.0.